The van der Waals surface area contributed by atoms with Crippen LogP contribution in [-0.4, -0.2) is 13.1 Å². The second kappa shape index (κ2) is 7.83. The molecule has 114 valence electrons. The SMILES string of the molecule is Cc1ccc(CCC(C)(C)CCNCC(C)C)cc1C. The Morgan fingerprint density at radius 2 is 1.75 bits per heavy atom. The molecular weight excluding hydrogens is 242 g/mol. The van der Waals surface area contributed by atoms with Gasteiger partial charge in [-0.3, -0.25) is 0 Å². The molecule has 0 saturated carbocycles. The maximum absolute atomic E-state index is 3.56. The maximum atomic E-state index is 3.56. The fourth-order valence-electron chi connectivity index (χ4n) is 2.38. The van der Waals surface area contributed by atoms with Crippen LogP contribution in [0.15, 0.2) is 18.2 Å². The second-order valence-corrected chi connectivity index (χ2v) is 7.43. The molecule has 1 aromatic carbocycles. The van der Waals surface area contributed by atoms with Crippen molar-refractivity contribution >= 4 is 0 Å². The van der Waals surface area contributed by atoms with Gasteiger partial charge < -0.3 is 5.32 Å². The minimum Gasteiger partial charge on any atom is -0.316 e. The molecule has 0 aliphatic heterocycles. The third kappa shape index (κ3) is 6.56. The lowest BCUT2D eigenvalue weighted by atomic mass is 9.83. The predicted molar refractivity (Wildman–Crippen MR) is 90.3 cm³/mol. The number of hydrogen-bond acceptors (Lipinski definition) is 1. The van der Waals surface area contributed by atoms with Gasteiger partial charge in [-0.1, -0.05) is 45.9 Å². The average Bonchev–Trinajstić information content (AvgIpc) is 2.36. The first kappa shape index (κ1) is 17.2. The molecule has 20 heavy (non-hydrogen) atoms. The number of nitrogens with one attached hydrogen (secondary N) is 1. The highest BCUT2D eigenvalue weighted by atomic mass is 14.8. The summed E-state index contributed by atoms with van der Waals surface area (Å²) >= 11 is 0. The molecule has 0 heterocycles. The smallest absolute Gasteiger partial charge is 0.00258 e. The van der Waals surface area contributed by atoms with E-state index in [2.05, 4.69) is 65.1 Å². The summed E-state index contributed by atoms with van der Waals surface area (Å²) in [5, 5.41) is 3.56. The Morgan fingerprint density at radius 3 is 2.35 bits per heavy atom. The van der Waals surface area contributed by atoms with E-state index in [0.29, 0.717) is 5.41 Å². The van der Waals surface area contributed by atoms with Crippen LogP contribution in [0.1, 0.15) is 57.2 Å². The van der Waals surface area contributed by atoms with E-state index in [1.54, 1.807) is 0 Å². The van der Waals surface area contributed by atoms with Gasteiger partial charge in [-0.15, -0.1) is 0 Å². The first-order chi connectivity index (χ1) is 9.30. The monoisotopic (exact) mass is 275 g/mol. The van der Waals surface area contributed by atoms with E-state index < -0.39 is 0 Å². The van der Waals surface area contributed by atoms with Gasteiger partial charge in [-0.25, -0.2) is 0 Å². The fraction of sp³-hybridized carbons (Fsp3) is 0.684. The molecule has 1 rings (SSSR count). The molecular formula is C19H33N. The van der Waals surface area contributed by atoms with Gasteiger partial charge in [0.1, 0.15) is 0 Å². The van der Waals surface area contributed by atoms with Crippen molar-refractivity contribution in [1.82, 2.24) is 5.32 Å². The molecule has 0 atom stereocenters. The molecule has 0 aliphatic carbocycles. The summed E-state index contributed by atoms with van der Waals surface area (Å²) in [6.45, 7) is 16.0. The first-order valence-corrected chi connectivity index (χ1v) is 8.07. The van der Waals surface area contributed by atoms with Crippen molar-refractivity contribution in [2.75, 3.05) is 13.1 Å². The average molecular weight is 275 g/mol. The van der Waals surface area contributed by atoms with Crippen molar-refractivity contribution in [3.8, 4) is 0 Å². The van der Waals surface area contributed by atoms with Crippen LogP contribution in [0, 0.1) is 25.2 Å². The summed E-state index contributed by atoms with van der Waals surface area (Å²) in [5.41, 5.74) is 4.71. The number of hydrogen-bond donors (Lipinski definition) is 1. The van der Waals surface area contributed by atoms with E-state index in [4.69, 9.17) is 0 Å². The molecule has 1 nitrogen and oxygen atoms in total. The van der Waals surface area contributed by atoms with Crippen LogP contribution >= 0.6 is 0 Å². The number of rotatable bonds is 8. The van der Waals surface area contributed by atoms with Crippen molar-refractivity contribution in [3.05, 3.63) is 34.9 Å². The summed E-state index contributed by atoms with van der Waals surface area (Å²) < 4.78 is 0. The van der Waals surface area contributed by atoms with Crippen LogP contribution in [0.4, 0.5) is 0 Å². The summed E-state index contributed by atoms with van der Waals surface area (Å²) in [7, 11) is 0. The van der Waals surface area contributed by atoms with Gasteiger partial charge in [0.05, 0.1) is 0 Å². The molecule has 0 fully saturated rings. The lowest BCUT2D eigenvalue weighted by molar-refractivity contribution is 0.300. The molecule has 0 saturated heterocycles. The van der Waals surface area contributed by atoms with Crippen LogP contribution in [0.3, 0.4) is 0 Å². The Kier molecular flexibility index (Phi) is 6.75. The number of aryl methyl sites for hydroxylation is 3. The molecule has 0 radical (unpaired) electrons. The fourth-order valence-corrected chi connectivity index (χ4v) is 2.38. The van der Waals surface area contributed by atoms with Crippen molar-refractivity contribution in [1.29, 1.82) is 0 Å². The molecule has 0 bridgehead atoms. The van der Waals surface area contributed by atoms with Crippen LogP contribution < -0.4 is 5.32 Å². The Morgan fingerprint density at radius 1 is 1.05 bits per heavy atom. The van der Waals surface area contributed by atoms with Gasteiger partial charge >= 0.3 is 0 Å². The van der Waals surface area contributed by atoms with E-state index in [1.165, 1.54) is 36.0 Å². The number of benzene rings is 1. The summed E-state index contributed by atoms with van der Waals surface area (Å²) in [4.78, 5) is 0. The molecule has 0 amide bonds. The third-order valence-electron chi connectivity index (χ3n) is 4.19. The van der Waals surface area contributed by atoms with Gasteiger partial charge in [0, 0.05) is 0 Å². The van der Waals surface area contributed by atoms with E-state index in [0.717, 1.165) is 19.0 Å². The van der Waals surface area contributed by atoms with Crippen molar-refractivity contribution in [2.45, 2.75) is 60.8 Å². The molecule has 1 N–H and O–H groups in total. The minimum atomic E-state index is 0.419. The Labute approximate surface area is 126 Å². The Hall–Kier alpha value is -0.820. The van der Waals surface area contributed by atoms with E-state index >= 15 is 0 Å². The zero-order valence-electron chi connectivity index (χ0n) is 14.3. The van der Waals surface area contributed by atoms with Gasteiger partial charge in [0.2, 0.25) is 0 Å². The predicted octanol–water partition coefficient (Wildman–Crippen LogP) is 4.90. The van der Waals surface area contributed by atoms with Gasteiger partial charge in [0.15, 0.2) is 0 Å². The first-order valence-electron chi connectivity index (χ1n) is 8.07. The zero-order valence-corrected chi connectivity index (χ0v) is 14.3. The van der Waals surface area contributed by atoms with E-state index in [1.807, 2.05) is 0 Å². The lowest BCUT2D eigenvalue weighted by Gasteiger charge is -2.25. The zero-order chi connectivity index (χ0) is 15.2. The van der Waals surface area contributed by atoms with Crippen LogP contribution in [0.5, 0.6) is 0 Å². The minimum absolute atomic E-state index is 0.419. The largest absolute Gasteiger partial charge is 0.316 e. The van der Waals surface area contributed by atoms with Gasteiger partial charge in [-0.05, 0) is 74.2 Å². The van der Waals surface area contributed by atoms with E-state index in [-0.39, 0.29) is 0 Å². The topological polar surface area (TPSA) is 12.0 Å². The second-order valence-electron chi connectivity index (χ2n) is 7.43. The Bertz CT molecular complexity index is 404. The van der Waals surface area contributed by atoms with E-state index in [9.17, 15) is 0 Å². The summed E-state index contributed by atoms with van der Waals surface area (Å²) in [6, 6.07) is 6.89. The van der Waals surface area contributed by atoms with Gasteiger partial charge in [-0.2, -0.15) is 0 Å². The molecule has 0 aromatic heterocycles. The van der Waals surface area contributed by atoms with Gasteiger partial charge in [0.25, 0.3) is 0 Å². The summed E-state index contributed by atoms with van der Waals surface area (Å²) in [5.74, 6) is 0.744. The van der Waals surface area contributed by atoms with Crippen LogP contribution in [0.25, 0.3) is 0 Å². The maximum Gasteiger partial charge on any atom is -0.00258 e. The highest BCUT2D eigenvalue weighted by Crippen LogP contribution is 2.27. The summed E-state index contributed by atoms with van der Waals surface area (Å²) in [6.07, 6.45) is 3.71. The normalized spacial score (nSPS) is 12.2. The van der Waals surface area contributed by atoms with Crippen LogP contribution in [-0.2, 0) is 6.42 Å². The molecule has 1 aromatic rings. The molecule has 1 heteroatoms. The molecule has 0 spiro atoms. The Balaban J connectivity index is 2.36. The molecule has 0 aliphatic rings. The van der Waals surface area contributed by atoms with Crippen molar-refractivity contribution < 1.29 is 0 Å². The third-order valence-corrected chi connectivity index (χ3v) is 4.19. The van der Waals surface area contributed by atoms with Crippen molar-refractivity contribution in [2.24, 2.45) is 11.3 Å². The molecule has 0 unspecified atom stereocenters. The standard InChI is InChI=1S/C19H33N/c1-15(2)14-20-12-11-19(5,6)10-9-18-8-7-16(3)17(4)13-18/h7-8,13,15,20H,9-12,14H2,1-6H3. The highest BCUT2D eigenvalue weighted by Gasteiger charge is 2.17. The van der Waals surface area contributed by atoms with Crippen LogP contribution in [0.2, 0.25) is 0 Å². The highest BCUT2D eigenvalue weighted by molar-refractivity contribution is 5.29. The quantitative estimate of drug-likeness (QED) is 0.666. The lowest BCUT2D eigenvalue weighted by Crippen LogP contribution is -2.25. The van der Waals surface area contributed by atoms with Crippen molar-refractivity contribution in [3.63, 3.8) is 0 Å².